The molecule has 1 aliphatic rings. The number of carbonyl (C=O) groups is 3. The molecule has 0 saturated carbocycles. The van der Waals surface area contributed by atoms with Crippen molar-refractivity contribution < 1.29 is 41.2 Å². The molecule has 0 unspecified atom stereocenters. The van der Waals surface area contributed by atoms with Gasteiger partial charge in [0.25, 0.3) is 11.8 Å². The van der Waals surface area contributed by atoms with Crippen molar-refractivity contribution in [2.75, 3.05) is 20.8 Å². The number of hydrogen-bond donors (Lipinski definition) is 1. The van der Waals surface area contributed by atoms with E-state index in [1.54, 1.807) is 36.4 Å². The summed E-state index contributed by atoms with van der Waals surface area (Å²) in [6, 6.07) is 14.6. The van der Waals surface area contributed by atoms with E-state index in [9.17, 15) is 22.8 Å². The highest BCUT2D eigenvalue weighted by Gasteiger charge is 2.36. The standard InChI is InChI=1S/C29H27BrN2O9S/c1-4-12-40-23-11-10-18(15-24(23)38-2)17-32-28(34)21(27(33)31-29(32)35)13-19-14-22(30)26(25(16-19)39-3)41-42(36,37)20-8-6-5-7-9-20/h5-11,13-16H,4,12,17H2,1-3H3,(H,31,33,35)/b21-13+. The molecule has 3 aromatic rings. The Balaban J connectivity index is 1.62. The van der Waals surface area contributed by atoms with Gasteiger partial charge in [0, 0.05) is 0 Å². The third-order valence-corrected chi connectivity index (χ3v) is 7.83. The van der Waals surface area contributed by atoms with E-state index >= 15 is 0 Å². The number of carbonyl (C=O) groups excluding carboxylic acids is 3. The minimum Gasteiger partial charge on any atom is -0.493 e. The van der Waals surface area contributed by atoms with E-state index < -0.39 is 28.0 Å². The zero-order chi connectivity index (χ0) is 30.4. The van der Waals surface area contributed by atoms with Gasteiger partial charge in [-0.25, -0.2) is 4.79 Å². The molecule has 13 heteroatoms. The normalized spacial score (nSPS) is 14.5. The van der Waals surface area contributed by atoms with Crippen molar-refractivity contribution in [2.24, 2.45) is 0 Å². The van der Waals surface area contributed by atoms with Crippen LogP contribution in [0, 0.1) is 0 Å². The van der Waals surface area contributed by atoms with Crippen LogP contribution in [0.5, 0.6) is 23.0 Å². The molecular weight excluding hydrogens is 632 g/mol. The molecule has 0 aromatic heterocycles. The van der Waals surface area contributed by atoms with Gasteiger partial charge in [-0.3, -0.25) is 19.8 Å². The van der Waals surface area contributed by atoms with E-state index in [0.29, 0.717) is 29.2 Å². The van der Waals surface area contributed by atoms with Crippen LogP contribution in [-0.2, 0) is 26.3 Å². The lowest BCUT2D eigenvalue weighted by molar-refractivity contribution is -0.130. The number of halogens is 1. The molecule has 1 fully saturated rings. The molecule has 0 aliphatic carbocycles. The van der Waals surface area contributed by atoms with Crippen LogP contribution in [0.4, 0.5) is 4.79 Å². The van der Waals surface area contributed by atoms with Crippen LogP contribution in [0.25, 0.3) is 6.08 Å². The molecule has 4 rings (SSSR count). The van der Waals surface area contributed by atoms with E-state index in [2.05, 4.69) is 21.2 Å². The SMILES string of the molecule is CCCOc1ccc(CN2C(=O)NC(=O)/C(=C\c3cc(Br)c(OS(=O)(=O)c4ccccc4)c(OC)c3)C2=O)cc1OC. The fraction of sp³-hybridized carbons (Fsp3) is 0.207. The first kappa shape index (κ1) is 30.6. The lowest BCUT2D eigenvalue weighted by atomic mass is 10.1. The zero-order valence-electron chi connectivity index (χ0n) is 22.9. The van der Waals surface area contributed by atoms with Crippen molar-refractivity contribution in [1.82, 2.24) is 10.2 Å². The van der Waals surface area contributed by atoms with Crippen molar-refractivity contribution in [3.63, 3.8) is 0 Å². The molecule has 1 N–H and O–H groups in total. The van der Waals surface area contributed by atoms with E-state index in [0.717, 1.165) is 11.3 Å². The van der Waals surface area contributed by atoms with Crippen LogP contribution in [0.1, 0.15) is 24.5 Å². The second kappa shape index (κ2) is 13.1. The topological polar surface area (TPSA) is 138 Å². The van der Waals surface area contributed by atoms with Gasteiger partial charge in [-0.2, -0.15) is 8.42 Å². The second-order valence-electron chi connectivity index (χ2n) is 8.93. The number of benzene rings is 3. The number of urea groups is 1. The lowest BCUT2D eigenvalue weighted by Crippen LogP contribution is -2.53. The average Bonchev–Trinajstić information content (AvgIpc) is 2.98. The first-order valence-corrected chi connectivity index (χ1v) is 14.8. The maximum Gasteiger partial charge on any atom is 0.339 e. The first-order chi connectivity index (χ1) is 20.1. The molecule has 3 aromatic carbocycles. The molecular formula is C29H27BrN2O9S. The summed E-state index contributed by atoms with van der Waals surface area (Å²) in [7, 11) is -1.39. The minimum atomic E-state index is -4.19. The number of nitrogens with zero attached hydrogens (tertiary/aromatic N) is 1. The van der Waals surface area contributed by atoms with Gasteiger partial charge in [-0.15, -0.1) is 0 Å². The fourth-order valence-corrected chi connectivity index (χ4v) is 5.60. The third kappa shape index (κ3) is 6.74. The quantitative estimate of drug-likeness (QED) is 0.177. The largest absolute Gasteiger partial charge is 0.493 e. The highest BCUT2D eigenvalue weighted by molar-refractivity contribution is 9.10. The van der Waals surface area contributed by atoms with Crippen LogP contribution in [0.15, 0.2) is 75.6 Å². The van der Waals surface area contributed by atoms with E-state index in [1.165, 1.54) is 44.6 Å². The van der Waals surface area contributed by atoms with Crippen molar-refractivity contribution in [1.29, 1.82) is 0 Å². The summed E-state index contributed by atoms with van der Waals surface area (Å²) < 4.78 is 47.4. The number of amides is 4. The van der Waals surface area contributed by atoms with Crippen LogP contribution >= 0.6 is 15.9 Å². The van der Waals surface area contributed by atoms with Crippen LogP contribution in [0.2, 0.25) is 0 Å². The molecule has 0 atom stereocenters. The average molecular weight is 660 g/mol. The maximum atomic E-state index is 13.3. The van der Waals surface area contributed by atoms with Gasteiger partial charge < -0.3 is 18.4 Å². The molecule has 220 valence electrons. The number of ether oxygens (including phenoxy) is 3. The number of nitrogens with one attached hydrogen (secondary N) is 1. The van der Waals surface area contributed by atoms with E-state index in [1.807, 2.05) is 6.92 Å². The van der Waals surface area contributed by atoms with Crippen molar-refractivity contribution in [2.45, 2.75) is 24.8 Å². The van der Waals surface area contributed by atoms with Gasteiger partial charge in [-0.05, 0) is 76.0 Å². The number of barbiturate groups is 1. The maximum absolute atomic E-state index is 13.3. The first-order valence-electron chi connectivity index (χ1n) is 12.6. The second-order valence-corrected chi connectivity index (χ2v) is 11.3. The number of methoxy groups -OCH3 is 2. The highest BCUT2D eigenvalue weighted by Crippen LogP contribution is 2.39. The summed E-state index contributed by atoms with van der Waals surface area (Å²) in [5, 5.41) is 2.18. The third-order valence-electron chi connectivity index (χ3n) is 6.00. The number of rotatable bonds is 11. The molecule has 0 bridgehead atoms. The van der Waals surface area contributed by atoms with Crippen molar-refractivity contribution in [3.8, 4) is 23.0 Å². The van der Waals surface area contributed by atoms with Crippen LogP contribution in [0.3, 0.4) is 0 Å². The highest BCUT2D eigenvalue weighted by atomic mass is 79.9. The Morgan fingerprint density at radius 1 is 0.929 bits per heavy atom. The Bertz CT molecular complexity index is 1660. The van der Waals surface area contributed by atoms with Crippen molar-refractivity contribution >= 4 is 50.0 Å². The Morgan fingerprint density at radius 2 is 1.64 bits per heavy atom. The summed E-state index contributed by atoms with van der Waals surface area (Å²) in [6.45, 7) is 2.33. The summed E-state index contributed by atoms with van der Waals surface area (Å²) in [4.78, 5) is 39.5. The smallest absolute Gasteiger partial charge is 0.339 e. The minimum absolute atomic E-state index is 0.0183. The van der Waals surface area contributed by atoms with Gasteiger partial charge in [0.1, 0.15) is 10.5 Å². The summed E-state index contributed by atoms with van der Waals surface area (Å²) in [6.07, 6.45) is 2.07. The Labute approximate surface area is 251 Å². The number of hydrogen-bond acceptors (Lipinski definition) is 9. The van der Waals surface area contributed by atoms with Crippen molar-refractivity contribution in [3.05, 3.63) is 81.8 Å². The Morgan fingerprint density at radius 3 is 2.31 bits per heavy atom. The van der Waals surface area contributed by atoms with E-state index in [-0.39, 0.29) is 33.0 Å². The summed E-state index contributed by atoms with van der Waals surface area (Å²) >= 11 is 3.29. The molecule has 1 saturated heterocycles. The predicted molar refractivity (Wildman–Crippen MR) is 156 cm³/mol. The molecule has 0 radical (unpaired) electrons. The van der Waals surface area contributed by atoms with E-state index in [4.69, 9.17) is 18.4 Å². The molecule has 4 amide bonds. The predicted octanol–water partition coefficient (Wildman–Crippen LogP) is 4.68. The van der Waals surface area contributed by atoms with Gasteiger partial charge >= 0.3 is 16.1 Å². The Hall–Kier alpha value is -4.36. The monoisotopic (exact) mass is 658 g/mol. The van der Waals surface area contributed by atoms with Gasteiger partial charge in [-0.1, -0.05) is 31.2 Å². The summed E-state index contributed by atoms with van der Waals surface area (Å²) in [5.74, 6) is -0.854. The molecule has 42 heavy (non-hydrogen) atoms. The zero-order valence-corrected chi connectivity index (χ0v) is 25.3. The van der Waals surface area contributed by atoms with Gasteiger partial charge in [0.2, 0.25) is 0 Å². The Kier molecular flexibility index (Phi) is 9.53. The molecule has 0 spiro atoms. The lowest BCUT2D eigenvalue weighted by Gasteiger charge is -2.26. The molecule has 11 nitrogen and oxygen atoms in total. The summed E-state index contributed by atoms with van der Waals surface area (Å²) in [5.41, 5.74) is 0.553. The van der Waals surface area contributed by atoms with Gasteiger partial charge in [0.05, 0.1) is 31.8 Å². The van der Waals surface area contributed by atoms with Gasteiger partial charge in [0.15, 0.2) is 23.0 Å². The van der Waals surface area contributed by atoms with Crippen LogP contribution in [-0.4, -0.2) is 52.0 Å². The van der Waals surface area contributed by atoms with Crippen LogP contribution < -0.4 is 23.7 Å². The molecule has 1 aliphatic heterocycles. The number of imide groups is 2. The molecule has 1 heterocycles. The fourth-order valence-electron chi connectivity index (χ4n) is 3.98.